The zero-order chi connectivity index (χ0) is 12.2. The summed E-state index contributed by atoms with van der Waals surface area (Å²) in [4.78, 5) is 11.3. The zero-order valence-electron chi connectivity index (χ0n) is 9.79. The van der Waals surface area contributed by atoms with Crippen molar-refractivity contribution < 1.29 is 4.79 Å². The molecule has 0 aliphatic rings. The van der Waals surface area contributed by atoms with Crippen molar-refractivity contribution >= 4 is 22.2 Å². The Bertz CT molecular complexity index is 380. The molecule has 1 aromatic carbocycles. The molecule has 0 aromatic heterocycles. The number of aldehydes is 1. The van der Waals surface area contributed by atoms with Crippen molar-refractivity contribution in [3.8, 4) is 0 Å². The molecule has 0 saturated carbocycles. The van der Waals surface area contributed by atoms with Crippen LogP contribution >= 0.6 is 15.9 Å². The van der Waals surface area contributed by atoms with E-state index >= 15 is 0 Å². The summed E-state index contributed by atoms with van der Waals surface area (Å²) >= 11 is 3.33. The molecule has 1 aromatic rings. The van der Waals surface area contributed by atoms with Crippen molar-refractivity contribution in [2.75, 3.05) is 0 Å². The van der Waals surface area contributed by atoms with Gasteiger partial charge in [-0.05, 0) is 36.7 Å². The SMILES string of the molecule is C=C(Br)CCC(C)(C=O)c1ccc(C)cc1. The van der Waals surface area contributed by atoms with Gasteiger partial charge in [-0.1, -0.05) is 52.3 Å². The maximum Gasteiger partial charge on any atom is 0.130 e. The maximum absolute atomic E-state index is 11.3. The summed E-state index contributed by atoms with van der Waals surface area (Å²) < 4.78 is 0.938. The Morgan fingerprint density at radius 1 is 1.44 bits per heavy atom. The van der Waals surface area contributed by atoms with Crippen molar-refractivity contribution in [3.63, 3.8) is 0 Å². The summed E-state index contributed by atoms with van der Waals surface area (Å²) in [7, 11) is 0. The molecule has 0 heterocycles. The van der Waals surface area contributed by atoms with Crippen molar-refractivity contribution in [1.29, 1.82) is 0 Å². The van der Waals surface area contributed by atoms with Gasteiger partial charge in [0.1, 0.15) is 6.29 Å². The molecule has 1 atom stereocenters. The zero-order valence-corrected chi connectivity index (χ0v) is 11.4. The van der Waals surface area contributed by atoms with E-state index in [0.29, 0.717) is 0 Å². The summed E-state index contributed by atoms with van der Waals surface area (Å²) in [6, 6.07) is 8.14. The summed E-state index contributed by atoms with van der Waals surface area (Å²) in [6.45, 7) is 7.82. The van der Waals surface area contributed by atoms with E-state index in [0.717, 1.165) is 29.2 Å². The van der Waals surface area contributed by atoms with E-state index in [-0.39, 0.29) is 0 Å². The van der Waals surface area contributed by atoms with E-state index in [4.69, 9.17) is 0 Å². The van der Waals surface area contributed by atoms with Crippen LogP contribution in [-0.4, -0.2) is 6.29 Å². The van der Waals surface area contributed by atoms with Gasteiger partial charge in [-0.3, -0.25) is 0 Å². The molecule has 86 valence electrons. The van der Waals surface area contributed by atoms with Crippen LogP contribution in [0.2, 0.25) is 0 Å². The van der Waals surface area contributed by atoms with Gasteiger partial charge in [-0.15, -0.1) is 0 Å². The van der Waals surface area contributed by atoms with Gasteiger partial charge < -0.3 is 4.79 Å². The van der Waals surface area contributed by atoms with E-state index in [1.54, 1.807) is 0 Å². The highest BCUT2D eigenvalue weighted by Crippen LogP contribution is 2.29. The summed E-state index contributed by atoms with van der Waals surface area (Å²) in [5.41, 5.74) is 1.87. The van der Waals surface area contributed by atoms with Crippen LogP contribution in [0.15, 0.2) is 35.3 Å². The fraction of sp³-hybridized carbons (Fsp3) is 0.357. The van der Waals surface area contributed by atoms with E-state index in [1.165, 1.54) is 5.56 Å². The molecule has 0 aliphatic heterocycles. The molecule has 0 spiro atoms. The molecule has 1 unspecified atom stereocenters. The van der Waals surface area contributed by atoms with Gasteiger partial charge in [0.15, 0.2) is 0 Å². The van der Waals surface area contributed by atoms with Crippen LogP contribution in [0.25, 0.3) is 0 Å². The van der Waals surface area contributed by atoms with Crippen LogP contribution in [0.3, 0.4) is 0 Å². The summed E-state index contributed by atoms with van der Waals surface area (Å²) in [5.74, 6) is 0. The Morgan fingerprint density at radius 2 is 2.00 bits per heavy atom. The number of carbonyl (C=O) groups is 1. The number of hydrogen-bond acceptors (Lipinski definition) is 1. The summed E-state index contributed by atoms with van der Waals surface area (Å²) in [5, 5.41) is 0. The Hall–Kier alpha value is -0.890. The van der Waals surface area contributed by atoms with Crippen LogP contribution in [-0.2, 0) is 10.2 Å². The monoisotopic (exact) mass is 280 g/mol. The minimum absolute atomic E-state index is 0.412. The average molecular weight is 281 g/mol. The van der Waals surface area contributed by atoms with Gasteiger partial charge in [0.25, 0.3) is 0 Å². The van der Waals surface area contributed by atoms with E-state index in [2.05, 4.69) is 22.5 Å². The second-order valence-electron chi connectivity index (χ2n) is 4.42. The van der Waals surface area contributed by atoms with Gasteiger partial charge in [0.05, 0.1) is 0 Å². The fourth-order valence-corrected chi connectivity index (χ4v) is 1.80. The lowest BCUT2D eigenvalue weighted by atomic mass is 9.80. The lowest BCUT2D eigenvalue weighted by Gasteiger charge is -2.23. The Labute approximate surface area is 106 Å². The first-order chi connectivity index (χ1) is 7.48. The topological polar surface area (TPSA) is 17.1 Å². The molecule has 0 radical (unpaired) electrons. The number of aryl methyl sites for hydroxylation is 1. The quantitative estimate of drug-likeness (QED) is 0.741. The Morgan fingerprint density at radius 3 is 2.44 bits per heavy atom. The molecule has 0 N–H and O–H groups in total. The molecule has 1 nitrogen and oxygen atoms in total. The number of allylic oxidation sites excluding steroid dienone is 1. The van der Waals surface area contributed by atoms with E-state index in [9.17, 15) is 4.79 Å². The minimum atomic E-state index is -0.412. The van der Waals surface area contributed by atoms with Gasteiger partial charge >= 0.3 is 0 Å². The Balaban J connectivity index is 2.90. The lowest BCUT2D eigenvalue weighted by molar-refractivity contribution is -0.112. The molecule has 0 bridgehead atoms. The second kappa shape index (κ2) is 5.44. The molecule has 0 aliphatic carbocycles. The van der Waals surface area contributed by atoms with Gasteiger partial charge in [-0.2, -0.15) is 0 Å². The average Bonchev–Trinajstić information content (AvgIpc) is 2.27. The number of rotatable bonds is 5. The normalized spacial score (nSPS) is 14.2. The first kappa shape index (κ1) is 13.2. The molecular formula is C14H17BrO. The maximum atomic E-state index is 11.3. The summed E-state index contributed by atoms with van der Waals surface area (Å²) in [6.07, 6.45) is 2.63. The predicted octanol–water partition coefficient (Wildman–Crippen LogP) is 4.14. The molecule has 0 amide bonds. The minimum Gasteiger partial charge on any atom is -0.302 e. The molecular weight excluding hydrogens is 264 g/mol. The number of benzene rings is 1. The van der Waals surface area contributed by atoms with Gasteiger partial charge in [0, 0.05) is 5.41 Å². The molecule has 16 heavy (non-hydrogen) atoms. The number of carbonyl (C=O) groups excluding carboxylic acids is 1. The number of halogens is 1. The highest BCUT2D eigenvalue weighted by atomic mass is 79.9. The lowest BCUT2D eigenvalue weighted by Crippen LogP contribution is -2.23. The van der Waals surface area contributed by atoms with Crippen LogP contribution in [0.4, 0.5) is 0 Å². The molecule has 2 heteroatoms. The molecule has 0 fully saturated rings. The van der Waals surface area contributed by atoms with Gasteiger partial charge in [-0.25, -0.2) is 0 Å². The van der Waals surface area contributed by atoms with Crippen molar-refractivity contribution in [1.82, 2.24) is 0 Å². The first-order valence-corrected chi connectivity index (χ1v) is 6.14. The van der Waals surface area contributed by atoms with Crippen molar-refractivity contribution in [2.24, 2.45) is 0 Å². The molecule has 0 saturated heterocycles. The van der Waals surface area contributed by atoms with E-state index in [1.807, 2.05) is 38.1 Å². The predicted molar refractivity (Wildman–Crippen MR) is 71.9 cm³/mol. The highest BCUT2D eigenvalue weighted by molar-refractivity contribution is 9.11. The van der Waals surface area contributed by atoms with Crippen molar-refractivity contribution in [2.45, 2.75) is 32.1 Å². The van der Waals surface area contributed by atoms with E-state index < -0.39 is 5.41 Å². The van der Waals surface area contributed by atoms with Gasteiger partial charge in [0.2, 0.25) is 0 Å². The third-order valence-electron chi connectivity index (χ3n) is 2.89. The van der Waals surface area contributed by atoms with Crippen LogP contribution in [0.5, 0.6) is 0 Å². The van der Waals surface area contributed by atoms with Crippen LogP contribution < -0.4 is 0 Å². The van der Waals surface area contributed by atoms with Crippen LogP contribution in [0.1, 0.15) is 30.9 Å². The first-order valence-electron chi connectivity index (χ1n) is 5.35. The largest absolute Gasteiger partial charge is 0.302 e. The fourth-order valence-electron chi connectivity index (χ4n) is 1.60. The third kappa shape index (κ3) is 3.31. The second-order valence-corrected chi connectivity index (χ2v) is 5.54. The number of hydrogen-bond donors (Lipinski definition) is 0. The van der Waals surface area contributed by atoms with Crippen molar-refractivity contribution in [3.05, 3.63) is 46.5 Å². The Kier molecular flexibility index (Phi) is 4.48. The van der Waals surface area contributed by atoms with Crippen LogP contribution in [0, 0.1) is 6.92 Å². The standard InChI is InChI=1S/C14H17BrO/c1-11-4-6-13(7-5-11)14(3,10-16)9-8-12(2)15/h4-7,10H,2,8-9H2,1,3H3. The molecule has 1 rings (SSSR count). The third-order valence-corrected chi connectivity index (χ3v) is 3.28. The smallest absolute Gasteiger partial charge is 0.130 e. The highest BCUT2D eigenvalue weighted by Gasteiger charge is 2.25.